The number of hydroxylamine groups is 3. The van der Waals surface area contributed by atoms with Gasteiger partial charge >= 0.3 is 5.84 Å². The summed E-state index contributed by atoms with van der Waals surface area (Å²) in [5.41, 5.74) is 1.32. The SMILES string of the molecule is CC1(C)N([O])C(c2ccc(-c3ccsc3)cc2)=[N+]([O-])C1(C)C. The van der Waals surface area contributed by atoms with Crippen LogP contribution in [0, 0.1) is 5.21 Å². The van der Waals surface area contributed by atoms with Gasteiger partial charge in [0.05, 0.1) is 5.56 Å². The van der Waals surface area contributed by atoms with Crippen molar-refractivity contribution >= 4 is 17.2 Å². The molecule has 0 atom stereocenters. The fourth-order valence-corrected chi connectivity index (χ4v) is 3.25. The molecule has 2 heterocycles. The van der Waals surface area contributed by atoms with Crippen LogP contribution in [0.15, 0.2) is 41.1 Å². The lowest BCUT2D eigenvalue weighted by Gasteiger charge is -2.32. The molecule has 115 valence electrons. The van der Waals surface area contributed by atoms with Gasteiger partial charge in [-0.15, -0.1) is 0 Å². The molecule has 0 unspecified atom stereocenters. The van der Waals surface area contributed by atoms with E-state index in [0.29, 0.717) is 5.56 Å². The van der Waals surface area contributed by atoms with Crippen LogP contribution in [0.25, 0.3) is 11.1 Å². The molecule has 1 aromatic heterocycles. The van der Waals surface area contributed by atoms with Crippen LogP contribution in [-0.2, 0) is 5.21 Å². The Morgan fingerprint density at radius 1 is 1.00 bits per heavy atom. The van der Waals surface area contributed by atoms with E-state index < -0.39 is 11.1 Å². The monoisotopic (exact) mass is 315 g/mol. The number of amidine groups is 1. The molecule has 0 saturated carbocycles. The Kier molecular flexibility index (Phi) is 3.30. The van der Waals surface area contributed by atoms with E-state index in [0.717, 1.165) is 20.9 Å². The number of rotatable bonds is 2. The molecule has 4 nitrogen and oxygen atoms in total. The Labute approximate surface area is 134 Å². The third kappa shape index (κ3) is 1.96. The van der Waals surface area contributed by atoms with Crippen molar-refractivity contribution in [3.05, 3.63) is 51.9 Å². The van der Waals surface area contributed by atoms with Gasteiger partial charge in [-0.1, -0.05) is 17.2 Å². The minimum absolute atomic E-state index is 0.187. The minimum atomic E-state index is -0.782. The van der Waals surface area contributed by atoms with E-state index in [1.807, 2.05) is 29.6 Å². The van der Waals surface area contributed by atoms with Gasteiger partial charge in [-0.3, -0.25) is 4.74 Å². The van der Waals surface area contributed by atoms with E-state index in [-0.39, 0.29) is 5.84 Å². The molecule has 1 aromatic carbocycles. The van der Waals surface area contributed by atoms with Crippen LogP contribution in [0.2, 0.25) is 0 Å². The van der Waals surface area contributed by atoms with Gasteiger partial charge in [-0.2, -0.15) is 11.3 Å². The van der Waals surface area contributed by atoms with Gasteiger partial charge in [-0.25, -0.2) is 0 Å². The molecule has 0 saturated heterocycles. The standard InChI is InChI=1S/C17H19N2O2S/c1-16(2)17(3,4)19(21)15(18(16)20)13-7-5-12(6-8-13)14-9-10-22-11-14/h5-11H,1-4H3. The van der Waals surface area contributed by atoms with Gasteiger partial charge in [0.2, 0.25) is 0 Å². The Bertz CT molecular complexity index is 716. The van der Waals surface area contributed by atoms with E-state index in [1.54, 1.807) is 39.0 Å². The van der Waals surface area contributed by atoms with Gasteiger partial charge < -0.3 is 5.21 Å². The number of thiophene rings is 1. The van der Waals surface area contributed by atoms with E-state index in [4.69, 9.17) is 0 Å². The van der Waals surface area contributed by atoms with Crippen molar-refractivity contribution in [2.45, 2.75) is 38.8 Å². The first-order chi connectivity index (χ1) is 10.3. The lowest BCUT2D eigenvalue weighted by Crippen LogP contribution is -2.53. The maximum atomic E-state index is 12.6. The van der Waals surface area contributed by atoms with Crippen LogP contribution >= 0.6 is 11.3 Å². The fraction of sp³-hybridized carbons (Fsp3) is 0.353. The summed E-state index contributed by atoms with van der Waals surface area (Å²) in [5, 5.41) is 30.2. The zero-order valence-corrected chi connectivity index (χ0v) is 14.0. The molecule has 1 aliphatic rings. The summed E-state index contributed by atoms with van der Waals surface area (Å²) in [6.07, 6.45) is 0. The first kappa shape index (κ1) is 15.1. The molecule has 0 aliphatic carbocycles. The number of benzene rings is 1. The number of hydrogen-bond acceptors (Lipinski definition) is 3. The van der Waals surface area contributed by atoms with Gasteiger partial charge in [-0.05, 0) is 67.8 Å². The lowest BCUT2D eigenvalue weighted by atomic mass is 9.84. The molecule has 0 N–H and O–H groups in total. The molecule has 2 aromatic rings. The molecule has 5 heteroatoms. The van der Waals surface area contributed by atoms with Gasteiger partial charge in [0, 0.05) is 5.21 Å². The predicted molar refractivity (Wildman–Crippen MR) is 88.2 cm³/mol. The molecular formula is C17H19N2O2S. The Balaban J connectivity index is 2.03. The highest BCUT2D eigenvalue weighted by atomic mass is 32.1. The first-order valence-corrected chi connectivity index (χ1v) is 8.16. The molecule has 3 rings (SSSR count). The number of nitrogens with zero attached hydrogens (tertiary/aromatic N) is 2. The van der Waals surface area contributed by atoms with E-state index in [1.165, 1.54) is 0 Å². The third-order valence-corrected chi connectivity index (χ3v) is 5.58. The summed E-state index contributed by atoms with van der Waals surface area (Å²) in [6.45, 7) is 7.21. The Morgan fingerprint density at radius 2 is 1.59 bits per heavy atom. The van der Waals surface area contributed by atoms with Crippen LogP contribution < -0.4 is 0 Å². The summed E-state index contributed by atoms with van der Waals surface area (Å²) in [4.78, 5) is 0. The van der Waals surface area contributed by atoms with Crippen LogP contribution in [0.1, 0.15) is 33.3 Å². The van der Waals surface area contributed by atoms with Gasteiger partial charge in [0.15, 0.2) is 5.54 Å². The molecule has 0 fully saturated rings. The summed E-state index contributed by atoms with van der Waals surface area (Å²) in [6, 6.07) is 9.63. The van der Waals surface area contributed by atoms with Crippen LogP contribution in [0.4, 0.5) is 0 Å². The Hall–Kier alpha value is -1.85. The average molecular weight is 315 g/mol. The highest BCUT2D eigenvalue weighted by Crippen LogP contribution is 2.37. The molecule has 0 bridgehead atoms. The van der Waals surface area contributed by atoms with Crippen molar-refractivity contribution in [2.75, 3.05) is 0 Å². The van der Waals surface area contributed by atoms with E-state index in [9.17, 15) is 10.4 Å². The second kappa shape index (κ2) is 4.83. The highest BCUT2D eigenvalue weighted by Gasteiger charge is 2.59. The maximum Gasteiger partial charge on any atom is 0.316 e. The second-order valence-corrected chi connectivity index (χ2v) is 7.40. The van der Waals surface area contributed by atoms with Crippen molar-refractivity contribution in [2.24, 2.45) is 0 Å². The van der Waals surface area contributed by atoms with Crippen molar-refractivity contribution in [3.8, 4) is 11.1 Å². The molecule has 1 radical (unpaired) electrons. The topological polar surface area (TPSA) is 49.2 Å². The van der Waals surface area contributed by atoms with Gasteiger partial charge in [0.25, 0.3) is 0 Å². The minimum Gasteiger partial charge on any atom is -0.714 e. The molecule has 1 aliphatic heterocycles. The van der Waals surface area contributed by atoms with Crippen molar-refractivity contribution in [1.82, 2.24) is 5.06 Å². The van der Waals surface area contributed by atoms with E-state index in [2.05, 4.69) is 11.4 Å². The zero-order valence-electron chi connectivity index (χ0n) is 13.2. The summed E-state index contributed by atoms with van der Waals surface area (Å²) < 4.78 is 0.847. The average Bonchev–Trinajstić information content (AvgIpc) is 3.04. The van der Waals surface area contributed by atoms with Crippen molar-refractivity contribution in [1.29, 1.82) is 0 Å². The summed E-state index contributed by atoms with van der Waals surface area (Å²) >= 11 is 1.64. The van der Waals surface area contributed by atoms with Crippen LogP contribution in [0.3, 0.4) is 0 Å². The normalized spacial score (nSPS) is 19.8. The largest absolute Gasteiger partial charge is 0.714 e. The molecular weight excluding hydrogens is 296 g/mol. The van der Waals surface area contributed by atoms with Crippen LogP contribution in [0.5, 0.6) is 0 Å². The van der Waals surface area contributed by atoms with Crippen molar-refractivity contribution in [3.63, 3.8) is 0 Å². The van der Waals surface area contributed by atoms with Crippen LogP contribution in [-0.4, -0.2) is 26.7 Å². The number of hydrogen-bond donors (Lipinski definition) is 0. The zero-order chi connectivity index (χ0) is 16.1. The predicted octanol–water partition coefficient (Wildman–Crippen LogP) is 3.89. The summed E-state index contributed by atoms with van der Waals surface area (Å²) in [5.74, 6) is 0.187. The first-order valence-electron chi connectivity index (χ1n) is 7.21. The summed E-state index contributed by atoms with van der Waals surface area (Å²) in [7, 11) is 0. The molecule has 0 amide bonds. The highest BCUT2D eigenvalue weighted by molar-refractivity contribution is 7.08. The smallest absolute Gasteiger partial charge is 0.316 e. The fourth-order valence-electron chi connectivity index (χ4n) is 2.58. The second-order valence-electron chi connectivity index (χ2n) is 6.62. The van der Waals surface area contributed by atoms with E-state index >= 15 is 0 Å². The quantitative estimate of drug-likeness (QED) is 0.623. The molecule has 22 heavy (non-hydrogen) atoms. The lowest BCUT2D eigenvalue weighted by molar-refractivity contribution is -0.539. The van der Waals surface area contributed by atoms with Crippen molar-refractivity contribution < 1.29 is 9.95 Å². The molecule has 0 spiro atoms. The Morgan fingerprint density at radius 3 is 2.05 bits per heavy atom. The third-order valence-electron chi connectivity index (χ3n) is 4.90. The maximum absolute atomic E-state index is 12.6. The van der Waals surface area contributed by atoms with Gasteiger partial charge in [0.1, 0.15) is 5.54 Å².